The Kier molecular flexibility index (Phi) is 8.03. The van der Waals surface area contributed by atoms with Gasteiger partial charge in [-0.25, -0.2) is 15.0 Å². The number of carbonyl (C=O) groups is 2. The summed E-state index contributed by atoms with van der Waals surface area (Å²) in [5.41, 5.74) is 6.66. The minimum Gasteiger partial charge on any atom is -0.387 e. The maximum Gasteiger partial charge on any atom is 0.252 e. The van der Waals surface area contributed by atoms with Crippen LogP contribution < -0.4 is 16.4 Å². The van der Waals surface area contributed by atoms with Crippen LogP contribution in [0.15, 0.2) is 6.33 Å². The fourth-order valence-corrected chi connectivity index (χ4v) is 4.78. The molecule has 0 bridgehead atoms. The second-order valence-electron chi connectivity index (χ2n) is 9.20. The van der Waals surface area contributed by atoms with Gasteiger partial charge in [0.15, 0.2) is 23.8 Å². The maximum atomic E-state index is 12.2. The predicted molar refractivity (Wildman–Crippen MR) is 130 cm³/mol. The number of fused-ring (bicyclic) bond motifs is 1. The van der Waals surface area contributed by atoms with Gasteiger partial charge in [-0.1, -0.05) is 5.92 Å². The Hall–Kier alpha value is -3.27. The van der Waals surface area contributed by atoms with E-state index in [1.807, 2.05) is 6.92 Å². The van der Waals surface area contributed by atoms with Crippen LogP contribution in [-0.4, -0.2) is 72.9 Å². The molecule has 1 aliphatic heterocycles. The summed E-state index contributed by atoms with van der Waals surface area (Å²) in [6.07, 6.45) is 0.523. The van der Waals surface area contributed by atoms with Gasteiger partial charge in [0.2, 0.25) is 11.7 Å². The second kappa shape index (κ2) is 11.2. The smallest absolute Gasteiger partial charge is 0.252 e. The highest BCUT2D eigenvalue weighted by molar-refractivity contribution is 5.83. The highest BCUT2D eigenvalue weighted by Crippen LogP contribution is 2.33. The molecule has 4 atom stereocenters. The van der Waals surface area contributed by atoms with E-state index in [2.05, 4.69) is 37.4 Å². The Bertz CT molecular complexity index is 1160. The number of nitrogens with two attached hydrogens (primary N) is 1. The lowest BCUT2D eigenvalue weighted by atomic mass is 9.80. The third-order valence-electron chi connectivity index (χ3n) is 6.73. The summed E-state index contributed by atoms with van der Waals surface area (Å²) < 4.78 is 7.10. The van der Waals surface area contributed by atoms with Crippen LogP contribution in [0.3, 0.4) is 0 Å². The molecule has 4 rings (SSSR count). The molecule has 12 heteroatoms. The van der Waals surface area contributed by atoms with Crippen molar-refractivity contribution in [2.45, 2.75) is 70.5 Å². The molecule has 1 unspecified atom stereocenters. The molecule has 1 aliphatic carbocycles. The molecule has 1 saturated heterocycles. The first kappa shape index (κ1) is 25.8. The third-order valence-corrected chi connectivity index (χ3v) is 6.73. The Labute approximate surface area is 209 Å². The highest BCUT2D eigenvalue weighted by atomic mass is 16.6. The molecule has 2 amide bonds. The van der Waals surface area contributed by atoms with Crippen LogP contribution in [-0.2, 0) is 14.3 Å². The fraction of sp³-hybridized carbons (Fsp3) is 0.625. The van der Waals surface area contributed by atoms with Gasteiger partial charge in [-0.3, -0.25) is 14.2 Å². The zero-order chi connectivity index (χ0) is 25.8. The molecule has 1 saturated carbocycles. The molecule has 194 valence electrons. The number of rotatable bonds is 6. The maximum absolute atomic E-state index is 12.2. The second-order valence-corrected chi connectivity index (χ2v) is 9.20. The number of amides is 2. The average Bonchev–Trinajstić information content (AvgIpc) is 3.41. The van der Waals surface area contributed by atoms with E-state index >= 15 is 0 Å². The number of nitrogens with one attached hydrogen (secondary N) is 2. The third kappa shape index (κ3) is 5.28. The van der Waals surface area contributed by atoms with Crippen LogP contribution in [0.25, 0.3) is 11.2 Å². The van der Waals surface area contributed by atoms with Crippen molar-refractivity contribution in [3.63, 3.8) is 0 Å². The molecular formula is C24H33N7O5. The summed E-state index contributed by atoms with van der Waals surface area (Å²) in [5.74, 6) is 6.53. The van der Waals surface area contributed by atoms with Gasteiger partial charge in [-0.2, -0.15) is 0 Å². The number of ether oxygens (including phenoxy) is 1. The first-order chi connectivity index (χ1) is 17.3. The fourth-order valence-electron chi connectivity index (χ4n) is 4.78. The number of likely N-dealkylation sites (N-methyl/N-ethyl adjacent to an activating group) is 1. The normalized spacial score (nSPS) is 27.9. The minimum atomic E-state index is -1.42. The molecule has 6 N–H and O–H groups in total. The van der Waals surface area contributed by atoms with Crippen molar-refractivity contribution in [1.82, 2.24) is 30.2 Å². The zero-order valence-electron chi connectivity index (χ0n) is 20.5. The van der Waals surface area contributed by atoms with Gasteiger partial charge < -0.3 is 31.3 Å². The van der Waals surface area contributed by atoms with Crippen LogP contribution in [0.1, 0.15) is 58.0 Å². The molecule has 36 heavy (non-hydrogen) atoms. The van der Waals surface area contributed by atoms with Crippen LogP contribution in [0.2, 0.25) is 0 Å². The van der Waals surface area contributed by atoms with Crippen molar-refractivity contribution in [3.05, 3.63) is 12.2 Å². The van der Waals surface area contributed by atoms with Gasteiger partial charge in [0.1, 0.15) is 17.7 Å². The van der Waals surface area contributed by atoms with Crippen molar-refractivity contribution in [2.24, 2.45) is 11.8 Å². The standard InChI is InChI=1S/C24H33N7O5/c1-3-26-22(34)14-10-8-13(9-11-14)6-5-7-15-29-20(25)16-21(30-15)31(12-28-16)24-18(33)17(32)19(36-24)23(35)27-4-2/h12-14,17-19,24,32-33H,3-4,6,8-11H2,1-2H3,(H,26,34)(H,27,35)(H2,25,29,30)/t13?,14?,17-,18?,19+,24-/m1/s1. The lowest BCUT2D eigenvalue weighted by Gasteiger charge is -2.26. The molecule has 2 fully saturated rings. The molecule has 3 heterocycles. The number of nitrogen functional groups attached to an aromatic ring is 1. The molecule has 12 nitrogen and oxygen atoms in total. The quantitative estimate of drug-likeness (QED) is 0.338. The van der Waals surface area contributed by atoms with Gasteiger partial charge in [0, 0.05) is 25.4 Å². The van der Waals surface area contributed by atoms with E-state index in [4.69, 9.17) is 10.5 Å². The van der Waals surface area contributed by atoms with Crippen molar-refractivity contribution in [3.8, 4) is 11.8 Å². The van der Waals surface area contributed by atoms with Gasteiger partial charge in [0.25, 0.3) is 5.91 Å². The molecular weight excluding hydrogens is 466 g/mol. The van der Waals surface area contributed by atoms with Gasteiger partial charge >= 0.3 is 0 Å². The average molecular weight is 500 g/mol. The number of aromatic nitrogens is 4. The Morgan fingerprint density at radius 3 is 2.50 bits per heavy atom. The lowest BCUT2D eigenvalue weighted by molar-refractivity contribution is -0.137. The van der Waals surface area contributed by atoms with E-state index < -0.39 is 30.4 Å². The van der Waals surface area contributed by atoms with Crippen LogP contribution >= 0.6 is 0 Å². The van der Waals surface area contributed by atoms with Gasteiger partial charge in [-0.05, 0) is 51.4 Å². The summed E-state index contributed by atoms with van der Waals surface area (Å²) in [6.45, 7) is 4.68. The first-order valence-electron chi connectivity index (χ1n) is 12.4. The number of aliphatic hydroxyl groups is 2. The van der Waals surface area contributed by atoms with Crippen molar-refractivity contribution < 1.29 is 24.5 Å². The van der Waals surface area contributed by atoms with Crippen LogP contribution in [0, 0.1) is 23.7 Å². The van der Waals surface area contributed by atoms with Gasteiger partial charge in [0.05, 0.1) is 6.33 Å². The van der Waals surface area contributed by atoms with E-state index in [-0.39, 0.29) is 29.1 Å². The molecule has 2 aromatic heterocycles. The number of nitrogens with zero attached hydrogens (tertiary/aromatic N) is 4. The largest absolute Gasteiger partial charge is 0.387 e. The lowest BCUT2D eigenvalue weighted by Crippen LogP contribution is -2.42. The Morgan fingerprint density at radius 1 is 1.11 bits per heavy atom. The Morgan fingerprint density at radius 2 is 1.81 bits per heavy atom. The number of carbonyl (C=O) groups excluding carboxylic acids is 2. The summed E-state index contributed by atoms with van der Waals surface area (Å²) >= 11 is 0. The van der Waals surface area contributed by atoms with E-state index in [1.54, 1.807) is 6.92 Å². The zero-order valence-corrected chi connectivity index (χ0v) is 20.5. The molecule has 0 radical (unpaired) electrons. The van der Waals surface area contributed by atoms with Crippen molar-refractivity contribution in [2.75, 3.05) is 18.8 Å². The number of hydrogen-bond acceptors (Lipinski definition) is 9. The number of aliphatic hydroxyl groups excluding tert-OH is 2. The minimum absolute atomic E-state index is 0.0827. The van der Waals surface area contributed by atoms with Crippen LogP contribution in [0.5, 0.6) is 0 Å². The number of imidazole rings is 1. The van der Waals surface area contributed by atoms with Crippen molar-refractivity contribution in [1.29, 1.82) is 0 Å². The molecule has 0 spiro atoms. The Balaban J connectivity index is 1.47. The number of anilines is 1. The summed E-state index contributed by atoms with van der Waals surface area (Å²) in [4.78, 5) is 37.1. The summed E-state index contributed by atoms with van der Waals surface area (Å²) in [5, 5.41) is 26.4. The predicted octanol–water partition coefficient (Wildman–Crippen LogP) is -0.152. The van der Waals surface area contributed by atoms with E-state index in [0.717, 1.165) is 25.7 Å². The molecule has 2 aromatic rings. The van der Waals surface area contributed by atoms with Gasteiger partial charge in [-0.15, -0.1) is 0 Å². The van der Waals surface area contributed by atoms with Crippen LogP contribution in [0.4, 0.5) is 5.82 Å². The topological polar surface area (TPSA) is 178 Å². The van der Waals surface area contributed by atoms with E-state index in [0.29, 0.717) is 30.9 Å². The van der Waals surface area contributed by atoms with E-state index in [9.17, 15) is 19.8 Å². The van der Waals surface area contributed by atoms with Crippen molar-refractivity contribution >= 4 is 28.8 Å². The summed E-state index contributed by atoms with van der Waals surface area (Å²) in [7, 11) is 0. The highest BCUT2D eigenvalue weighted by Gasteiger charge is 2.47. The number of hydrogen-bond donors (Lipinski definition) is 5. The van der Waals surface area contributed by atoms with E-state index in [1.165, 1.54) is 10.9 Å². The molecule has 0 aromatic carbocycles. The molecule has 2 aliphatic rings. The SMILES string of the molecule is CCNC(=O)C1CCC(CC#Cc2nc(N)c3ncn([C@@H]4O[C@H](C(=O)NCC)[C@H](O)C4O)c3n2)CC1. The summed E-state index contributed by atoms with van der Waals surface area (Å²) in [6, 6.07) is 0. The monoisotopic (exact) mass is 499 g/mol. The first-order valence-corrected chi connectivity index (χ1v) is 12.4.